The van der Waals surface area contributed by atoms with E-state index < -0.39 is 6.04 Å². The van der Waals surface area contributed by atoms with E-state index in [4.69, 9.17) is 0 Å². The quantitative estimate of drug-likeness (QED) is 0.822. The first-order chi connectivity index (χ1) is 10.9. The zero-order chi connectivity index (χ0) is 17.1. The highest BCUT2D eigenvalue weighted by molar-refractivity contribution is 9.10. The van der Waals surface area contributed by atoms with Crippen LogP contribution in [0, 0.1) is 6.92 Å². The number of rotatable bonds is 5. The van der Waals surface area contributed by atoms with Gasteiger partial charge in [-0.1, -0.05) is 0 Å². The largest absolute Gasteiger partial charge is 0.354 e. The van der Waals surface area contributed by atoms with Crippen molar-refractivity contribution in [3.63, 3.8) is 0 Å². The summed E-state index contributed by atoms with van der Waals surface area (Å²) < 4.78 is 4.00. The highest BCUT2D eigenvalue weighted by atomic mass is 79.9. The minimum absolute atomic E-state index is 0.188. The first-order valence-corrected chi connectivity index (χ1v) is 7.98. The topological polar surface area (TPSA) is 93.8 Å². The van der Waals surface area contributed by atoms with E-state index >= 15 is 0 Å². The Morgan fingerprint density at radius 1 is 1.35 bits per heavy atom. The average Bonchev–Trinajstić information content (AvgIpc) is 3.09. The molecule has 2 aromatic rings. The van der Waals surface area contributed by atoms with Crippen LogP contribution in [0.25, 0.3) is 0 Å². The first-order valence-electron chi connectivity index (χ1n) is 7.19. The minimum Gasteiger partial charge on any atom is -0.354 e. The van der Waals surface area contributed by atoms with Crippen LogP contribution in [0.5, 0.6) is 0 Å². The van der Waals surface area contributed by atoms with Gasteiger partial charge in [0.2, 0.25) is 5.91 Å². The number of hydrogen-bond donors (Lipinski definition) is 2. The van der Waals surface area contributed by atoms with Crippen LogP contribution in [0.3, 0.4) is 0 Å². The Morgan fingerprint density at radius 2 is 2.04 bits per heavy atom. The normalized spacial score (nSPS) is 12.0. The smallest absolute Gasteiger partial charge is 0.273 e. The summed E-state index contributed by atoms with van der Waals surface area (Å²) in [7, 11) is 1.52. The summed E-state index contributed by atoms with van der Waals surface area (Å²) in [6, 6.07) is -0.525. The highest BCUT2D eigenvalue weighted by Crippen LogP contribution is 2.19. The molecule has 0 aliphatic rings. The van der Waals surface area contributed by atoms with Crippen molar-refractivity contribution in [1.82, 2.24) is 24.9 Å². The third-order valence-corrected chi connectivity index (χ3v) is 4.20. The van der Waals surface area contributed by atoms with Crippen molar-refractivity contribution in [2.45, 2.75) is 33.4 Å². The van der Waals surface area contributed by atoms with Gasteiger partial charge < -0.3 is 10.6 Å². The van der Waals surface area contributed by atoms with Gasteiger partial charge in [-0.3, -0.25) is 19.0 Å². The Hall–Kier alpha value is -2.16. The zero-order valence-corrected chi connectivity index (χ0v) is 15.0. The second kappa shape index (κ2) is 6.95. The van der Waals surface area contributed by atoms with Gasteiger partial charge >= 0.3 is 0 Å². The fourth-order valence-corrected chi connectivity index (χ4v) is 2.27. The van der Waals surface area contributed by atoms with Crippen molar-refractivity contribution in [3.05, 3.63) is 28.3 Å². The molecule has 2 heterocycles. The number of nitrogens with zero attached hydrogens (tertiary/aromatic N) is 4. The lowest BCUT2D eigenvalue weighted by Crippen LogP contribution is -2.26. The lowest BCUT2D eigenvalue weighted by atomic mass is 10.3. The highest BCUT2D eigenvalue weighted by Gasteiger charge is 2.22. The molecule has 2 rings (SSSR count). The number of hydrogen-bond acceptors (Lipinski definition) is 4. The van der Waals surface area contributed by atoms with Gasteiger partial charge in [-0.15, -0.1) is 0 Å². The second-order valence-corrected chi connectivity index (χ2v) is 5.89. The van der Waals surface area contributed by atoms with Gasteiger partial charge in [0.05, 0.1) is 15.9 Å². The SMILES string of the molecule is CCn1cc(NC(=O)[C@@H](C)n2cc(Br)c(C)n2)c(C(=O)NC)n1. The molecule has 0 spiro atoms. The summed E-state index contributed by atoms with van der Waals surface area (Å²) in [5.74, 6) is -0.626. The summed E-state index contributed by atoms with van der Waals surface area (Å²) >= 11 is 3.37. The molecule has 0 unspecified atom stereocenters. The van der Waals surface area contributed by atoms with Crippen LogP contribution in [0.1, 0.15) is 36.1 Å². The molecule has 124 valence electrons. The van der Waals surface area contributed by atoms with Gasteiger partial charge in [-0.2, -0.15) is 10.2 Å². The Balaban J connectivity index is 2.22. The summed E-state index contributed by atoms with van der Waals surface area (Å²) in [4.78, 5) is 24.3. The number of aryl methyl sites for hydroxylation is 2. The molecule has 0 aliphatic heterocycles. The van der Waals surface area contributed by atoms with Crippen LogP contribution in [-0.2, 0) is 11.3 Å². The molecule has 0 aromatic carbocycles. The van der Waals surface area contributed by atoms with Crippen LogP contribution in [-0.4, -0.2) is 38.4 Å². The van der Waals surface area contributed by atoms with Crippen molar-refractivity contribution in [2.75, 3.05) is 12.4 Å². The standard InChI is InChI=1S/C14H19BrN6O2/c1-5-20-7-11(12(19-20)14(23)16-4)17-13(22)9(3)21-6-10(15)8(2)18-21/h6-7,9H,5H2,1-4H3,(H,16,23)(H,17,22)/t9-/m1/s1. The fourth-order valence-electron chi connectivity index (χ4n) is 1.98. The van der Waals surface area contributed by atoms with E-state index in [2.05, 4.69) is 36.8 Å². The molecule has 9 heteroatoms. The van der Waals surface area contributed by atoms with Gasteiger partial charge in [0.25, 0.3) is 5.91 Å². The van der Waals surface area contributed by atoms with Gasteiger partial charge in [0, 0.05) is 26.0 Å². The lowest BCUT2D eigenvalue weighted by molar-refractivity contribution is -0.119. The molecular formula is C14H19BrN6O2. The number of carbonyl (C=O) groups is 2. The van der Waals surface area contributed by atoms with Crippen LogP contribution < -0.4 is 10.6 Å². The van der Waals surface area contributed by atoms with Gasteiger partial charge in [-0.25, -0.2) is 0 Å². The maximum absolute atomic E-state index is 12.4. The lowest BCUT2D eigenvalue weighted by Gasteiger charge is -2.12. The van der Waals surface area contributed by atoms with Crippen LogP contribution in [0.2, 0.25) is 0 Å². The van der Waals surface area contributed by atoms with E-state index in [0.29, 0.717) is 12.2 Å². The molecule has 8 nitrogen and oxygen atoms in total. The molecular weight excluding hydrogens is 364 g/mol. The van der Waals surface area contributed by atoms with Crippen LogP contribution in [0.15, 0.2) is 16.9 Å². The van der Waals surface area contributed by atoms with Gasteiger partial charge in [0.15, 0.2) is 5.69 Å². The van der Waals surface area contributed by atoms with Crippen molar-refractivity contribution in [1.29, 1.82) is 0 Å². The fraction of sp³-hybridized carbons (Fsp3) is 0.429. The van der Waals surface area contributed by atoms with E-state index in [9.17, 15) is 9.59 Å². The maximum Gasteiger partial charge on any atom is 0.273 e. The summed E-state index contributed by atoms with van der Waals surface area (Å²) in [6.45, 7) is 6.08. The van der Waals surface area contributed by atoms with E-state index in [0.717, 1.165) is 10.2 Å². The van der Waals surface area contributed by atoms with Crippen LogP contribution >= 0.6 is 15.9 Å². The third kappa shape index (κ3) is 3.61. The van der Waals surface area contributed by atoms with E-state index in [-0.39, 0.29) is 17.5 Å². The number of aromatic nitrogens is 4. The zero-order valence-electron chi connectivity index (χ0n) is 13.4. The Labute approximate surface area is 142 Å². The van der Waals surface area contributed by atoms with Gasteiger partial charge in [-0.05, 0) is 36.7 Å². The average molecular weight is 383 g/mol. The summed E-state index contributed by atoms with van der Waals surface area (Å²) in [6.07, 6.45) is 3.38. The Bertz CT molecular complexity index is 716. The third-order valence-electron chi connectivity index (χ3n) is 3.42. The minimum atomic E-state index is -0.525. The summed E-state index contributed by atoms with van der Waals surface area (Å²) in [5.41, 5.74) is 1.37. The molecule has 0 saturated heterocycles. The van der Waals surface area contributed by atoms with E-state index in [1.165, 1.54) is 7.05 Å². The Kier molecular flexibility index (Phi) is 5.19. The van der Waals surface area contributed by atoms with Crippen molar-refractivity contribution < 1.29 is 9.59 Å². The maximum atomic E-state index is 12.4. The van der Waals surface area contributed by atoms with Crippen LogP contribution in [0.4, 0.5) is 5.69 Å². The number of carbonyl (C=O) groups excluding carboxylic acids is 2. The molecule has 0 fully saturated rings. The predicted octanol–water partition coefficient (Wildman–Crippen LogP) is 1.73. The second-order valence-electron chi connectivity index (χ2n) is 5.03. The summed E-state index contributed by atoms with van der Waals surface area (Å²) in [5, 5.41) is 13.7. The molecule has 0 bridgehead atoms. The number of nitrogens with one attached hydrogen (secondary N) is 2. The number of anilines is 1. The first kappa shape index (κ1) is 17.2. The molecule has 23 heavy (non-hydrogen) atoms. The molecule has 2 aromatic heterocycles. The molecule has 2 N–H and O–H groups in total. The molecule has 0 saturated carbocycles. The number of halogens is 1. The monoisotopic (exact) mass is 382 g/mol. The Morgan fingerprint density at radius 3 is 2.57 bits per heavy atom. The molecule has 0 aliphatic carbocycles. The molecule has 2 amide bonds. The molecule has 1 atom stereocenters. The van der Waals surface area contributed by atoms with E-state index in [1.807, 2.05) is 13.8 Å². The van der Waals surface area contributed by atoms with Crippen molar-refractivity contribution >= 4 is 33.4 Å². The van der Waals surface area contributed by atoms with Crippen molar-refractivity contribution in [3.8, 4) is 0 Å². The van der Waals surface area contributed by atoms with E-state index in [1.54, 1.807) is 28.7 Å². The van der Waals surface area contributed by atoms with Gasteiger partial charge in [0.1, 0.15) is 6.04 Å². The van der Waals surface area contributed by atoms with Crippen molar-refractivity contribution in [2.24, 2.45) is 0 Å². The molecule has 0 radical (unpaired) electrons. The predicted molar refractivity (Wildman–Crippen MR) is 89.3 cm³/mol. The number of amides is 2.